The standard InChI is InChI=1S/C3H9NO3Si/c4-3(5)7-1-6-2-8/h1-2H2,8H3,(H2,4,5). The van der Waals surface area contributed by atoms with Crippen LogP contribution < -0.4 is 5.73 Å². The lowest BCUT2D eigenvalue weighted by molar-refractivity contribution is 0.00749. The second kappa shape index (κ2) is 4.60. The average molecular weight is 135 g/mol. The van der Waals surface area contributed by atoms with Gasteiger partial charge < -0.3 is 15.2 Å². The van der Waals surface area contributed by atoms with E-state index in [1.807, 2.05) is 0 Å². The summed E-state index contributed by atoms with van der Waals surface area (Å²) in [5.74, 6) is 0. The Bertz CT molecular complexity index is 76.9. The first-order valence-electron chi connectivity index (χ1n) is 2.27. The molecule has 0 spiro atoms. The highest BCUT2D eigenvalue weighted by atomic mass is 28.1. The second-order valence-electron chi connectivity index (χ2n) is 1.07. The quantitative estimate of drug-likeness (QED) is 0.287. The number of primary amides is 1. The maximum Gasteiger partial charge on any atom is 0.406 e. The highest BCUT2D eigenvalue weighted by molar-refractivity contribution is 6.08. The fourth-order valence-electron chi connectivity index (χ4n) is 0.183. The molecular weight excluding hydrogens is 126 g/mol. The molecule has 5 heteroatoms. The highest BCUT2D eigenvalue weighted by Crippen LogP contribution is 1.73. The van der Waals surface area contributed by atoms with Crippen LogP contribution >= 0.6 is 0 Å². The van der Waals surface area contributed by atoms with Gasteiger partial charge in [0, 0.05) is 16.5 Å². The lowest BCUT2D eigenvalue weighted by atomic mass is 11.2. The molecule has 0 bridgehead atoms. The summed E-state index contributed by atoms with van der Waals surface area (Å²) >= 11 is 0. The minimum atomic E-state index is -0.792. The van der Waals surface area contributed by atoms with Crippen molar-refractivity contribution < 1.29 is 14.3 Å². The van der Waals surface area contributed by atoms with E-state index in [2.05, 4.69) is 15.2 Å². The fraction of sp³-hybridized carbons (Fsp3) is 0.667. The van der Waals surface area contributed by atoms with Crippen molar-refractivity contribution in [1.29, 1.82) is 0 Å². The van der Waals surface area contributed by atoms with Crippen LogP contribution in [0.3, 0.4) is 0 Å². The van der Waals surface area contributed by atoms with Crippen LogP contribution in [-0.4, -0.2) is 29.4 Å². The summed E-state index contributed by atoms with van der Waals surface area (Å²) in [5.41, 5.74) is 4.60. The monoisotopic (exact) mass is 135 g/mol. The zero-order chi connectivity index (χ0) is 6.41. The van der Waals surface area contributed by atoms with Crippen LogP contribution in [-0.2, 0) is 9.47 Å². The van der Waals surface area contributed by atoms with Crippen molar-refractivity contribution in [2.24, 2.45) is 5.73 Å². The van der Waals surface area contributed by atoms with E-state index in [9.17, 15) is 4.79 Å². The van der Waals surface area contributed by atoms with Crippen LogP contribution in [0.2, 0.25) is 0 Å². The summed E-state index contributed by atoms with van der Waals surface area (Å²) in [7, 11) is 0.945. The van der Waals surface area contributed by atoms with Crippen LogP contribution in [0.1, 0.15) is 0 Å². The smallest absolute Gasteiger partial charge is 0.406 e. The molecule has 0 aromatic rings. The molecule has 0 aliphatic carbocycles. The molecule has 48 valence electrons. The normalized spacial score (nSPS) is 9.00. The first kappa shape index (κ1) is 7.45. The number of hydrogen-bond donors (Lipinski definition) is 1. The minimum absolute atomic E-state index is 0.0150. The third-order valence-corrected chi connectivity index (χ3v) is 0.897. The van der Waals surface area contributed by atoms with Crippen molar-refractivity contribution >= 4 is 16.3 Å². The molecular formula is C3H9NO3Si. The Balaban J connectivity index is 2.82. The Morgan fingerprint density at radius 2 is 2.38 bits per heavy atom. The summed E-state index contributed by atoms with van der Waals surface area (Å²) in [4.78, 5) is 9.81. The number of nitrogens with two attached hydrogens (primary N) is 1. The largest absolute Gasteiger partial charge is 0.423 e. The molecule has 0 aliphatic rings. The third-order valence-electron chi connectivity index (χ3n) is 0.489. The van der Waals surface area contributed by atoms with Crippen molar-refractivity contribution in [2.75, 3.05) is 13.0 Å². The molecule has 0 radical (unpaired) electrons. The van der Waals surface area contributed by atoms with Gasteiger partial charge >= 0.3 is 6.09 Å². The van der Waals surface area contributed by atoms with Crippen molar-refractivity contribution in [2.45, 2.75) is 0 Å². The van der Waals surface area contributed by atoms with E-state index in [0.29, 0.717) is 6.23 Å². The molecule has 0 aliphatic heterocycles. The van der Waals surface area contributed by atoms with Gasteiger partial charge in [-0.1, -0.05) is 0 Å². The van der Waals surface area contributed by atoms with Crippen LogP contribution in [0.5, 0.6) is 0 Å². The lowest BCUT2D eigenvalue weighted by Crippen LogP contribution is -2.15. The van der Waals surface area contributed by atoms with Gasteiger partial charge in [-0.05, 0) is 0 Å². The lowest BCUT2D eigenvalue weighted by Gasteiger charge is -1.98. The van der Waals surface area contributed by atoms with Gasteiger partial charge in [0.1, 0.15) is 0 Å². The molecule has 0 aromatic carbocycles. The van der Waals surface area contributed by atoms with E-state index in [-0.39, 0.29) is 6.79 Å². The first-order valence-corrected chi connectivity index (χ1v) is 3.68. The maximum atomic E-state index is 9.81. The van der Waals surface area contributed by atoms with E-state index in [1.54, 1.807) is 0 Å². The average Bonchev–Trinajstić information content (AvgIpc) is 1.66. The van der Waals surface area contributed by atoms with Crippen molar-refractivity contribution in [3.8, 4) is 0 Å². The Labute approximate surface area is 50.4 Å². The van der Waals surface area contributed by atoms with Crippen molar-refractivity contribution in [1.82, 2.24) is 0 Å². The zero-order valence-corrected chi connectivity index (χ0v) is 6.72. The summed E-state index contributed by atoms with van der Waals surface area (Å²) in [5, 5.41) is 0. The van der Waals surface area contributed by atoms with Gasteiger partial charge in [0.2, 0.25) is 0 Å². The van der Waals surface area contributed by atoms with Gasteiger partial charge in [0.05, 0.1) is 0 Å². The Hall–Kier alpha value is -0.553. The highest BCUT2D eigenvalue weighted by Gasteiger charge is 1.88. The number of amides is 1. The molecule has 0 saturated heterocycles. The van der Waals surface area contributed by atoms with Gasteiger partial charge in [0.15, 0.2) is 6.79 Å². The van der Waals surface area contributed by atoms with Gasteiger partial charge in [-0.25, -0.2) is 4.79 Å². The van der Waals surface area contributed by atoms with Crippen molar-refractivity contribution in [3.05, 3.63) is 0 Å². The van der Waals surface area contributed by atoms with E-state index in [0.717, 1.165) is 10.2 Å². The number of ether oxygens (including phenoxy) is 2. The molecule has 0 rings (SSSR count). The fourth-order valence-corrected chi connectivity index (χ4v) is 0.350. The molecule has 0 saturated carbocycles. The number of hydrogen-bond acceptors (Lipinski definition) is 3. The van der Waals surface area contributed by atoms with Crippen molar-refractivity contribution in [3.63, 3.8) is 0 Å². The van der Waals surface area contributed by atoms with E-state index in [1.165, 1.54) is 0 Å². The Morgan fingerprint density at radius 3 is 2.75 bits per heavy atom. The molecule has 2 N–H and O–H groups in total. The van der Waals surface area contributed by atoms with Gasteiger partial charge in [0.25, 0.3) is 0 Å². The SMILES string of the molecule is NC(=O)OCOC[SiH3]. The number of rotatable bonds is 3. The molecule has 0 unspecified atom stereocenters. The Kier molecular flexibility index (Phi) is 4.28. The van der Waals surface area contributed by atoms with E-state index in [4.69, 9.17) is 0 Å². The predicted molar refractivity (Wildman–Crippen MR) is 31.4 cm³/mol. The van der Waals surface area contributed by atoms with Crippen LogP contribution in [0.4, 0.5) is 4.79 Å². The molecule has 1 amide bonds. The summed E-state index contributed by atoms with van der Waals surface area (Å²) in [6.07, 6.45) is -0.132. The van der Waals surface area contributed by atoms with Gasteiger partial charge in [-0.2, -0.15) is 0 Å². The van der Waals surface area contributed by atoms with Gasteiger partial charge in [-0.15, -0.1) is 0 Å². The molecule has 4 nitrogen and oxygen atoms in total. The molecule has 8 heavy (non-hydrogen) atoms. The number of carbonyl (C=O) groups excluding carboxylic acids is 1. The predicted octanol–water partition coefficient (Wildman–Crippen LogP) is -1.62. The molecule has 0 fully saturated rings. The number of carbonyl (C=O) groups is 1. The summed E-state index contributed by atoms with van der Waals surface area (Å²) in [6, 6.07) is 0. The van der Waals surface area contributed by atoms with Gasteiger partial charge in [-0.3, -0.25) is 0 Å². The molecule has 0 heterocycles. The maximum absolute atomic E-state index is 9.81. The molecule has 0 aromatic heterocycles. The van der Waals surface area contributed by atoms with E-state index >= 15 is 0 Å². The summed E-state index contributed by atoms with van der Waals surface area (Å²) in [6.45, 7) is -0.0150. The zero-order valence-electron chi connectivity index (χ0n) is 4.72. The minimum Gasteiger partial charge on any atom is -0.423 e. The van der Waals surface area contributed by atoms with Crippen LogP contribution in [0.25, 0.3) is 0 Å². The van der Waals surface area contributed by atoms with Crippen LogP contribution in [0.15, 0.2) is 0 Å². The van der Waals surface area contributed by atoms with E-state index < -0.39 is 6.09 Å². The second-order valence-corrected chi connectivity index (χ2v) is 1.65. The molecule has 0 atom stereocenters. The first-order chi connectivity index (χ1) is 3.77. The third kappa shape index (κ3) is 5.45. The van der Waals surface area contributed by atoms with Crippen LogP contribution in [0, 0.1) is 0 Å². The Morgan fingerprint density at radius 1 is 1.75 bits per heavy atom. The topological polar surface area (TPSA) is 61.6 Å². The summed E-state index contributed by atoms with van der Waals surface area (Å²) < 4.78 is 8.90.